The van der Waals surface area contributed by atoms with Gasteiger partial charge in [-0.3, -0.25) is 13.9 Å². The second kappa shape index (κ2) is 14.0. The maximum absolute atomic E-state index is 13.9. The first-order valence-electron chi connectivity index (χ1n) is 13.4. The van der Waals surface area contributed by atoms with Gasteiger partial charge in [-0.2, -0.15) is 0 Å². The number of sulfonamides is 1. The van der Waals surface area contributed by atoms with Crippen molar-refractivity contribution in [3.8, 4) is 5.75 Å². The Morgan fingerprint density at radius 2 is 1.60 bits per heavy atom. The second-order valence-electron chi connectivity index (χ2n) is 10.2. The third-order valence-electron chi connectivity index (χ3n) is 6.57. The Balaban J connectivity index is 1.98. The summed E-state index contributed by atoms with van der Waals surface area (Å²) in [6, 6.07) is 21.9. The summed E-state index contributed by atoms with van der Waals surface area (Å²) in [5.74, 6) is -0.0738. The number of aryl methyl sites for hydroxylation is 1. The van der Waals surface area contributed by atoms with Gasteiger partial charge in [0.25, 0.3) is 10.0 Å². The number of amides is 2. The van der Waals surface area contributed by atoms with Gasteiger partial charge in [-0.15, -0.1) is 0 Å². The maximum atomic E-state index is 13.9. The molecule has 0 fully saturated rings. The van der Waals surface area contributed by atoms with E-state index in [-0.39, 0.29) is 29.0 Å². The lowest BCUT2D eigenvalue weighted by molar-refractivity contribution is -0.138. The van der Waals surface area contributed by atoms with Crippen LogP contribution in [0.3, 0.4) is 0 Å². The molecule has 40 heavy (non-hydrogen) atoms. The molecule has 1 unspecified atom stereocenters. The lowest BCUT2D eigenvalue weighted by Crippen LogP contribution is -2.52. The number of rotatable bonds is 13. The Hall–Kier alpha value is -3.85. The Morgan fingerprint density at radius 3 is 2.23 bits per heavy atom. The van der Waals surface area contributed by atoms with E-state index in [0.717, 1.165) is 15.4 Å². The van der Waals surface area contributed by atoms with Crippen LogP contribution in [0.2, 0.25) is 0 Å². The molecule has 0 saturated carbocycles. The lowest BCUT2D eigenvalue weighted by atomic mass is 10.1. The van der Waals surface area contributed by atoms with Gasteiger partial charge in [0, 0.05) is 19.2 Å². The fraction of sp³-hybridized carbons (Fsp3) is 0.355. The van der Waals surface area contributed by atoms with Crippen LogP contribution in [-0.2, 0) is 26.0 Å². The molecule has 3 aromatic rings. The van der Waals surface area contributed by atoms with Gasteiger partial charge < -0.3 is 15.0 Å². The number of anilines is 1. The second-order valence-corrected chi connectivity index (χ2v) is 12.0. The van der Waals surface area contributed by atoms with Crippen LogP contribution in [0.1, 0.15) is 31.9 Å². The summed E-state index contributed by atoms with van der Waals surface area (Å²) in [7, 11) is -2.64. The van der Waals surface area contributed by atoms with E-state index in [4.69, 9.17) is 4.74 Å². The van der Waals surface area contributed by atoms with Gasteiger partial charge in [-0.25, -0.2) is 8.42 Å². The molecule has 0 saturated heterocycles. The highest BCUT2D eigenvalue weighted by atomic mass is 32.2. The van der Waals surface area contributed by atoms with Gasteiger partial charge in [0.15, 0.2) is 0 Å². The highest BCUT2D eigenvalue weighted by molar-refractivity contribution is 7.92. The summed E-state index contributed by atoms with van der Waals surface area (Å²) in [4.78, 5) is 28.5. The first-order chi connectivity index (χ1) is 19.0. The minimum atomic E-state index is -4.13. The first-order valence-corrected chi connectivity index (χ1v) is 14.8. The van der Waals surface area contributed by atoms with Crippen LogP contribution in [0, 0.1) is 12.8 Å². The first kappa shape index (κ1) is 30.7. The van der Waals surface area contributed by atoms with Gasteiger partial charge in [0.1, 0.15) is 18.3 Å². The average molecular weight is 566 g/mol. The maximum Gasteiger partial charge on any atom is 0.264 e. The summed E-state index contributed by atoms with van der Waals surface area (Å²) in [5.41, 5.74) is 2.21. The molecule has 0 heterocycles. The SMILES string of the molecule is COc1cccc(N(CC(=O)N(CCc2ccccc2)C(C)C(=O)NCC(C)C)S(=O)(=O)c2ccc(C)cc2)c1. The zero-order valence-electron chi connectivity index (χ0n) is 23.8. The largest absolute Gasteiger partial charge is 0.497 e. The highest BCUT2D eigenvalue weighted by Crippen LogP contribution is 2.27. The van der Waals surface area contributed by atoms with Crippen LogP contribution in [0.15, 0.2) is 83.8 Å². The molecule has 3 aromatic carbocycles. The fourth-order valence-electron chi connectivity index (χ4n) is 4.15. The summed E-state index contributed by atoms with van der Waals surface area (Å²) in [6.07, 6.45) is 0.512. The van der Waals surface area contributed by atoms with Crippen LogP contribution >= 0.6 is 0 Å². The Morgan fingerprint density at radius 1 is 0.925 bits per heavy atom. The Bertz CT molecular complexity index is 1380. The standard InChI is InChI=1S/C31H39N3O5S/c1-23(2)21-32-31(36)25(4)33(19-18-26-10-7-6-8-11-26)30(35)22-34(27-12-9-13-28(20-27)39-5)40(37,38)29-16-14-24(3)15-17-29/h6-17,20,23,25H,18-19,21-22H2,1-5H3,(H,32,36). The van der Waals surface area contributed by atoms with Crippen molar-refractivity contribution in [2.45, 2.75) is 45.1 Å². The third kappa shape index (κ3) is 8.08. The number of ether oxygens (including phenoxy) is 1. The van der Waals surface area contributed by atoms with Crippen molar-refractivity contribution < 1.29 is 22.7 Å². The molecule has 0 aromatic heterocycles. The van der Waals surface area contributed by atoms with Crippen LogP contribution in [0.25, 0.3) is 0 Å². The van der Waals surface area contributed by atoms with E-state index >= 15 is 0 Å². The van der Waals surface area contributed by atoms with Crippen molar-refractivity contribution in [1.82, 2.24) is 10.2 Å². The number of hydrogen-bond acceptors (Lipinski definition) is 5. The molecule has 0 aliphatic heterocycles. The zero-order valence-corrected chi connectivity index (χ0v) is 24.6. The zero-order chi connectivity index (χ0) is 29.3. The predicted molar refractivity (Wildman–Crippen MR) is 158 cm³/mol. The van der Waals surface area contributed by atoms with Gasteiger partial charge >= 0.3 is 0 Å². The Kier molecular flexibility index (Phi) is 10.7. The van der Waals surface area contributed by atoms with Crippen LogP contribution in [-0.4, -0.2) is 57.9 Å². The molecule has 214 valence electrons. The van der Waals surface area contributed by atoms with Crippen molar-refractivity contribution >= 4 is 27.5 Å². The molecule has 0 bridgehead atoms. The van der Waals surface area contributed by atoms with E-state index in [2.05, 4.69) is 5.32 Å². The monoisotopic (exact) mass is 565 g/mol. The number of carbonyl (C=O) groups is 2. The molecule has 1 atom stereocenters. The predicted octanol–water partition coefficient (Wildman–Crippen LogP) is 4.43. The van der Waals surface area contributed by atoms with Gasteiger partial charge in [-0.1, -0.05) is 67.9 Å². The van der Waals surface area contributed by atoms with E-state index < -0.39 is 28.5 Å². The highest BCUT2D eigenvalue weighted by Gasteiger charge is 2.32. The molecule has 0 aliphatic rings. The van der Waals surface area contributed by atoms with E-state index in [9.17, 15) is 18.0 Å². The molecular formula is C31H39N3O5S. The number of nitrogens with one attached hydrogen (secondary N) is 1. The Labute approximate surface area is 238 Å². The van der Waals surface area contributed by atoms with Crippen LogP contribution in [0.5, 0.6) is 5.75 Å². The quantitative estimate of drug-likeness (QED) is 0.331. The fourth-order valence-corrected chi connectivity index (χ4v) is 5.56. The minimum Gasteiger partial charge on any atom is -0.497 e. The lowest BCUT2D eigenvalue weighted by Gasteiger charge is -2.32. The van der Waals surface area contributed by atoms with Gasteiger partial charge in [-0.05, 0) is 56.0 Å². The van der Waals surface area contributed by atoms with Gasteiger partial charge in [0.05, 0.1) is 17.7 Å². The van der Waals surface area contributed by atoms with Crippen LogP contribution < -0.4 is 14.4 Å². The van der Waals surface area contributed by atoms with E-state index in [1.165, 1.54) is 24.1 Å². The minimum absolute atomic E-state index is 0.0623. The number of nitrogens with zero attached hydrogens (tertiary/aromatic N) is 2. The third-order valence-corrected chi connectivity index (χ3v) is 8.35. The van der Waals surface area contributed by atoms with Crippen molar-refractivity contribution in [3.05, 3.63) is 90.0 Å². The topological polar surface area (TPSA) is 96.0 Å². The normalized spacial score (nSPS) is 12.1. The van der Waals surface area contributed by atoms with Crippen LogP contribution in [0.4, 0.5) is 5.69 Å². The molecule has 8 nitrogen and oxygen atoms in total. The summed E-state index contributed by atoms with van der Waals surface area (Å²) in [5, 5.41) is 2.90. The average Bonchev–Trinajstić information content (AvgIpc) is 2.95. The van der Waals surface area contributed by atoms with Crippen molar-refractivity contribution in [2.24, 2.45) is 5.92 Å². The van der Waals surface area contributed by atoms with Crippen molar-refractivity contribution in [1.29, 1.82) is 0 Å². The molecular weight excluding hydrogens is 526 g/mol. The molecule has 0 radical (unpaired) electrons. The van der Waals surface area contributed by atoms with E-state index in [0.29, 0.717) is 18.7 Å². The molecule has 0 aliphatic carbocycles. The number of hydrogen-bond donors (Lipinski definition) is 1. The molecule has 2 amide bonds. The summed E-state index contributed by atoms with van der Waals surface area (Å²) in [6.45, 7) is 7.76. The molecule has 0 spiro atoms. The smallest absolute Gasteiger partial charge is 0.264 e. The summed E-state index contributed by atoms with van der Waals surface area (Å²) >= 11 is 0. The molecule has 3 rings (SSSR count). The van der Waals surface area contributed by atoms with Gasteiger partial charge in [0.2, 0.25) is 11.8 Å². The number of carbonyl (C=O) groups excluding carboxylic acids is 2. The van der Waals surface area contributed by atoms with Crippen molar-refractivity contribution in [3.63, 3.8) is 0 Å². The number of benzene rings is 3. The summed E-state index contributed by atoms with van der Waals surface area (Å²) < 4.78 is 34.2. The van der Waals surface area contributed by atoms with E-state index in [1.54, 1.807) is 43.3 Å². The number of methoxy groups -OCH3 is 1. The van der Waals surface area contributed by atoms with E-state index in [1.807, 2.05) is 51.1 Å². The molecule has 9 heteroatoms. The van der Waals surface area contributed by atoms with Crippen molar-refractivity contribution in [2.75, 3.05) is 31.0 Å². The molecule has 1 N–H and O–H groups in total.